The number of amides is 1. The third-order valence-corrected chi connectivity index (χ3v) is 2.63. The minimum Gasteiger partial charge on any atom is -0.352 e. The number of hydrogen-bond acceptors (Lipinski definition) is 1. The van der Waals surface area contributed by atoms with Gasteiger partial charge in [-0.1, -0.05) is 35.4 Å². The Labute approximate surface area is 81.3 Å². The number of hydrogen-bond donors (Lipinski definition) is 1. The number of alkyl halides is 1. The lowest BCUT2D eigenvalue weighted by Crippen LogP contribution is -2.36. The van der Waals surface area contributed by atoms with Gasteiger partial charge in [0.1, 0.15) is 0 Å². The van der Waals surface area contributed by atoms with Gasteiger partial charge in [-0.25, -0.2) is 0 Å². The predicted octanol–water partition coefficient (Wildman–Crippen LogP) is 1.87. The predicted molar refractivity (Wildman–Crippen MR) is 53.9 cm³/mol. The van der Waals surface area contributed by atoms with Gasteiger partial charge >= 0.3 is 0 Å². The van der Waals surface area contributed by atoms with Crippen molar-refractivity contribution in [3.8, 4) is 0 Å². The number of rotatable bonds is 2. The minimum atomic E-state index is 0.105. The van der Waals surface area contributed by atoms with Crippen molar-refractivity contribution in [3.63, 3.8) is 0 Å². The van der Waals surface area contributed by atoms with Crippen LogP contribution in [0.3, 0.4) is 0 Å². The van der Waals surface area contributed by atoms with Gasteiger partial charge in [0.15, 0.2) is 0 Å². The zero-order valence-corrected chi connectivity index (χ0v) is 8.93. The van der Waals surface area contributed by atoms with Crippen LogP contribution in [-0.4, -0.2) is 15.9 Å². The lowest BCUT2D eigenvalue weighted by atomic mass is 10.2. The zero-order valence-electron chi connectivity index (χ0n) is 6.77. The van der Waals surface area contributed by atoms with Gasteiger partial charge < -0.3 is 5.32 Å². The number of carbonyl (C=O) groups is 1. The molecule has 0 spiro atoms. The van der Waals surface area contributed by atoms with Crippen molar-refractivity contribution in [1.29, 1.82) is 0 Å². The highest BCUT2D eigenvalue weighted by Crippen LogP contribution is 2.17. The Morgan fingerprint density at radius 2 is 2.09 bits per heavy atom. The average molecular weight is 267 g/mol. The van der Waals surface area contributed by atoms with Gasteiger partial charge in [0, 0.05) is 6.04 Å². The summed E-state index contributed by atoms with van der Waals surface area (Å²) in [6, 6.07) is 0.472. The molecule has 1 N–H and O–H groups in total. The van der Waals surface area contributed by atoms with E-state index in [0.29, 0.717) is 6.04 Å². The van der Waals surface area contributed by atoms with Crippen molar-refractivity contribution in [2.45, 2.75) is 42.6 Å². The van der Waals surface area contributed by atoms with Crippen LogP contribution in [0.2, 0.25) is 0 Å². The molecule has 0 radical (unpaired) electrons. The SMILES string of the molecule is CC(I)C(=O)NC1CCCC1. The van der Waals surface area contributed by atoms with Gasteiger partial charge in [-0.3, -0.25) is 4.79 Å². The molecule has 3 heteroatoms. The van der Waals surface area contributed by atoms with Crippen LogP contribution in [0.5, 0.6) is 0 Å². The van der Waals surface area contributed by atoms with Crippen molar-refractivity contribution >= 4 is 28.5 Å². The summed E-state index contributed by atoms with van der Waals surface area (Å²) >= 11 is 2.14. The molecule has 11 heavy (non-hydrogen) atoms. The summed E-state index contributed by atoms with van der Waals surface area (Å²) in [6.45, 7) is 1.92. The highest BCUT2D eigenvalue weighted by atomic mass is 127. The molecule has 1 rings (SSSR count). The normalized spacial score (nSPS) is 21.6. The molecule has 2 nitrogen and oxygen atoms in total. The molecule has 0 aromatic heterocycles. The molecule has 1 amide bonds. The van der Waals surface area contributed by atoms with Crippen LogP contribution in [0.25, 0.3) is 0 Å². The molecule has 1 fully saturated rings. The van der Waals surface area contributed by atoms with E-state index in [1.807, 2.05) is 6.92 Å². The zero-order chi connectivity index (χ0) is 8.27. The second kappa shape index (κ2) is 4.28. The Bertz CT molecular complexity index is 141. The van der Waals surface area contributed by atoms with Gasteiger partial charge in [0.05, 0.1) is 3.92 Å². The first-order valence-electron chi connectivity index (χ1n) is 4.14. The van der Waals surface area contributed by atoms with E-state index in [2.05, 4.69) is 27.9 Å². The van der Waals surface area contributed by atoms with Crippen LogP contribution in [0, 0.1) is 0 Å². The maximum atomic E-state index is 11.2. The molecule has 1 aliphatic rings. The van der Waals surface area contributed by atoms with Crippen LogP contribution >= 0.6 is 22.6 Å². The average Bonchev–Trinajstić information content (AvgIpc) is 2.39. The van der Waals surface area contributed by atoms with Crippen molar-refractivity contribution < 1.29 is 4.79 Å². The van der Waals surface area contributed by atoms with Crippen molar-refractivity contribution in [2.24, 2.45) is 0 Å². The first-order valence-corrected chi connectivity index (χ1v) is 5.39. The van der Waals surface area contributed by atoms with E-state index in [4.69, 9.17) is 0 Å². The highest BCUT2D eigenvalue weighted by molar-refractivity contribution is 14.1. The second-order valence-corrected chi connectivity index (χ2v) is 4.97. The van der Waals surface area contributed by atoms with Gasteiger partial charge in [-0.2, -0.15) is 0 Å². The lowest BCUT2D eigenvalue weighted by molar-refractivity contribution is -0.120. The van der Waals surface area contributed by atoms with Crippen LogP contribution < -0.4 is 5.32 Å². The summed E-state index contributed by atoms with van der Waals surface area (Å²) in [5, 5.41) is 3.03. The van der Waals surface area contributed by atoms with E-state index in [0.717, 1.165) is 0 Å². The minimum absolute atomic E-state index is 0.105. The summed E-state index contributed by atoms with van der Waals surface area (Å²) in [6.07, 6.45) is 4.91. The van der Waals surface area contributed by atoms with E-state index < -0.39 is 0 Å². The molecular weight excluding hydrogens is 253 g/mol. The topological polar surface area (TPSA) is 29.1 Å². The third-order valence-electron chi connectivity index (χ3n) is 2.06. The Morgan fingerprint density at radius 3 is 2.55 bits per heavy atom. The monoisotopic (exact) mass is 267 g/mol. The van der Waals surface area contributed by atoms with Gasteiger partial charge in [0.2, 0.25) is 5.91 Å². The third kappa shape index (κ3) is 2.97. The maximum Gasteiger partial charge on any atom is 0.232 e. The standard InChI is InChI=1S/C8H14INO/c1-6(9)8(11)10-7-4-2-3-5-7/h6-7H,2-5H2,1H3,(H,10,11). The Morgan fingerprint density at radius 1 is 1.55 bits per heavy atom. The Balaban J connectivity index is 2.24. The van der Waals surface area contributed by atoms with Crippen LogP contribution in [0.1, 0.15) is 32.6 Å². The Kier molecular flexibility index (Phi) is 3.62. The molecule has 1 saturated carbocycles. The quantitative estimate of drug-likeness (QED) is 0.600. The van der Waals surface area contributed by atoms with Gasteiger partial charge in [-0.15, -0.1) is 0 Å². The number of carbonyl (C=O) groups excluding carboxylic acids is 1. The fourth-order valence-corrected chi connectivity index (χ4v) is 1.57. The summed E-state index contributed by atoms with van der Waals surface area (Å²) in [5.41, 5.74) is 0. The second-order valence-electron chi connectivity index (χ2n) is 3.11. The van der Waals surface area contributed by atoms with Crippen LogP contribution in [0.4, 0.5) is 0 Å². The van der Waals surface area contributed by atoms with E-state index in [9.17, 15) is 4.79 Å². The summed E-state index contributed by atoms with van der Waals surface area (Å²) in [4.78, 5) is 11.2. The van der Waals surface area contributed by atoms with Gasteiger partial charge in [-0.05, 0) is 19.8 Å². The van der Waals surface area contributed by atoms with E-state index in [1.165, 1.54) is 25.7 Å². The largest absolute Gasteiger partial charge is 0.352 e. The molecular formula is C8H14INO. The summed E-state index contributed by atoms with van der Waals surface area (Å²) in [5.74, 6) is 0.192. The van der Waals surface area contributed by atoms with E-state index >= 15 is 0 Å². The molecule has 0 bridgehead atoms. The van der Waals surface area contributed by atoms with Crippen molar-refractivity contribution in [2.75, 3.05) is 0 Å². The molecule has 0 aromatic rings. The first-order chi connectivity index (χ1) is 5.20. The fraction of sp³-hybridized carbons (Fsp3) is 0.875. The first kappa shape index (κ1) is 9.29. The van der Waals surface area contributed by atoms with E-state index in [1.54, 1.807) is 0 Å². The smallest absolute Gasteiger partial charge is 0.232 e. The molecule has 0 aliphatic heterocycles. The lowest BCUT2D eigenvalue weighted by Gasteiger charge is -2.12. The highest BCUT2D eigenvalue weighted by Gasteiger charge is 2.18. The van der Waals surface area contributed by atoms with Crippen LogP contribution in [0.15, 0.2) is 0 Å². The maximum absolute atomic E-state index is 11.2. The molecule has 64 valence electrons. The fourth-order valence-electron chi connectivity index (χ4n) is 1.39. The molecule has 1 atom stereocenters. The molecule has 0 saturated heterocycles. The molecule has 0 heterocycles. The summed E-state index contributed by atoms with van der Waals surface area (Å²) in [7, 11) is 0. The van der Waals surface area contributed by atoms with Crippen molar-refractivity contribution in [1.82, 2.24) is 5.32 Å². The molecule has 1 aliphatic carbocycles. The summed E-state index contributed by atoms with van der Waals surface area (Å²) < 4.78 is 0.105. The molecule has 1 unspecified atom stereocenters. The number of nitrogens with one attached hydrogen (secondary N) is 1. The number of halogens is 1. The van der Waals surface area contributed by atoms with Crippen molar-refractivity contribution in [3.05, 3.63) is 0 Å². The Hall–Kier alpha value is 0.200. The van der Waals surface area contributed by atoms with Gasteiger partial charge in [0.25, 0.3) is 0 Å². The van der Waals surface area contributed by atoms with Crippen LogP contribution in [-0.2, 0) is 4.79 Å². The van der Waals surface area contributed by atoms with E-state index in [-0.39, 0.29) is 9.83 Å². The molecule has 0 aromatic carbocycles.